The van der Waals surface area contributed by atoms with Gasteiger partial charge in [-0.1, -0.05) is 50.2 Å². The number of hydrogen-bond donors (Lipinski definition) is 1. The Bertz CT molecular complexity index is 931. The Morgan fingerprint density at radius 3 is 2.70 bits per heavy atom. The number of fused-ring (bicyclic) bond motifs is 1. The molecule has 0 saturated heterocycles. The summed E-state index contributed by atoms with van der Waals surface area (Å²) in [5.74, 6) is -0.139. The minimum atomic E-state index is -0.139. The Balaban J connectivity index is 1.61. The molecule has 0 radical (unpaired) electrons. The standard InChI is InChI=1S/C22H24N4O/c1-22(2)12-19(25-21(27)18-10-6-7-11-23-18)17-14-24-26(20(17)13-22)15-16-8-4-3-5-9-16/h3-11,14,19H,12-13,15H2,1-2H3,(H,25,27)/t19-/m1/s1. The van der Waals surface area contributed by atoms with Crippen molar-refractivity contribution >= 4 is 5.91 Å². The fourth-order valence-corrected chi connectivity index (χ4v) is 3.85. The Labute approximate surface area is 159 Å². The van der Waals surface area contributed by atoms with Gasteiger partial charge in [0.15, 0.2) is 0 Å². The lowest BCUT2D eigenvalue weighted by atomic mass is 9.74. The number of carbonyl (C=O) groups is 1. The van der Waals surface area contributed by atoms with Gasteiger partial charge >= 0.3 is 0 Å². The Morgan fingerprint density at radius 1 is 1.19 bits per heavy atom. The van der Waals surface area contributed by atoms with Crippen molar-refractivity contribution < 1.29 is 4.79 Å². The first-order valence-corrected chi connectivity index (χ1v) is 9.32. The van der Waals surface area contributed by atoms with Crippen molar-refractivity contribution in [2.45, 2.75) is 39.3 Å². The number of rotatable bonds is 4. The highest BCUT2D eigenvalue weighted by Crippen LogP contribution is 2.40. The smallest absolute Gasteiger partial charge is 0.270 e. The average molecular weight is 360 g/mol. The van der Waals surface area contributed by atoms with E-state index in [-0.39, 0.29) is 17.4 Å². The molecule has 138 valence electrons. The van der Waals surface area contributed by atoms with Crippen molar-refractivity contribution in [2.24, 2.45) is 5.41 Å². The molecule has 1 aliphatic rings. The SMILES string of the molecule is CC1(C)Cc2c(cnn2Cc2ccccc2)[C@H](NC(=O)c2ccccn2)C1. The summed E-state index contributed by atoms with van der Waals surface area (Å²) < 4.78 is 2.07. The number of nitrogens with one attached hydrogen (secondary N) is 1. The topological polar surface area (TPSA) is 59.8 Å². The second-order valence-corrected chi connectivity index (χ2v) is 7.98. The molecule has 0 spiro atoms. The maximum Gasteiger partial charge on any atom is 0.270 e. The summed E-state index contributed by atoms with van der Waals surface area (Å²) >= 11 is 0. The molecule has 0 saturated carbocycles. The minimum Gasteiger partial charge on any atom is -0.344 e. The molecule has 1 amide bonds. The molecule has 1 aliphatic carbocycles. The number of aromatic nitrogens is 3. The number of nitrogens with zero attached hydrogens (tertiary/aromatic N) is 3. The number of carbonyl (C=O) groups excluding carboxylic acids is 1. The van der Waals surface area contributed by atoms with Gasteiger partial charge in [0.25, 0.3) is 5.91 Å². The van der Waals surface area contributed by atoms with E-state index in [2.05, 4.69) is 46.1 Å². The first-order chi connectivity index (χ1) is 13.0. The van der Waals surface area contributed by atoms with Crippen molar-refractivity contribution in [3.8, 4) is 0 Å². The molecule has 2 aromatic heterocycles. The molecule has 5 nitrogen and oxygen atoms in total. The summed E-state index contributed by atoms with van der Waals surface area (Å²) in [6, 6.07) is 15.7. The van der Waals surface area contributed by atoms with Crippen LogP contribution in [0.2, 0.25) is 0 Å². The molecule has 0 fully saturated rings. The lowest BCUT2D eigenvalue weighted by Gasteiger charge is -2.36. The summed E-state index contributed by atoms with van der Waals surface area (Å²) in [6.07, 6.45) is 5.39. The normalized spacial score (nSPS) is 17.9. The monoisotopic (exact) mass is 360 g/mol. The Morgan fingerprint density at radius 2 is 1.96 bits per heavy atom. The van der Waals surface area contributed by atoms with Crippen LogP contribution in [0.3, 0.4) is 0 Å². The van der Waals surface area contributed by atoms with Gasteiger partial charge in [0.05, 0.1) is 18.8 Å². The highest BCUT2D eigenvalue weighted by atomic mass is 16.1. The van der Waals surface area contributed by atoms with E-state index in [4.69, 9.17) is 0 Å². The van der Waals surface area contributed by atoms with E-state index < -0.39 is 0 Å². The largest absolute Gasteiger partial charge is 0.344 e. The van der Waals surface area contributed by atoms with E-state index in [0.717, 1.165) is 24.9 Å². The van der Waals surface area contributed by atoms with Gasteiger partial charge in [0.1, 0.15) is 5.69 Å². The van der Waals surface area contributed by atoms with Crippen LogP contribution in [0.15, 0.2) is 60.9 Å². The maximum atomic E-state index is 12.6. The summed E-state index contributed by atoms with van der Waals surface area (Å²) in [7, 11) is 0. The Kier molecular flexibility index (Phi) is 4.52. The lowest BCUT2D eigenvalue weighted by molar-refractivity contribution is 0.0914. The van der Waals surface area contributed by atoms with Gasteiger partial charge in [-0.25, -0.2) is 0 Å². The number of benzene rings is 1. The zero-order valence-corrected chi connectivity index (χ0v) is 15.7. The molecule has 4 rings (SSSR count). The molecular weight excluding hydrogens is 336 g/mol. The third kappa shape index (κ3) is 3.77. The van der Waals surface area contributed by atoms with Gasteiger partial charge in [-0.15, -0.1) is 0 Å². The van der Waals surface area contributed by atoms with Crippen LogP contribution < -0.4 is 5.32 Å². The van der Waals surface area contributed by atoms with Crippen LogP contribution in [0.5, 0.6) is 0 Å². The van der Waals surface area contributed by atoms with Crippen LogP contribution >= 0.6 is 0 Å². The van der Waals surface area contributed by atoms with Crippen LogP contribution in [-0.4, -0.2) is 20.7 Å². The predicted molar refractivity (Wildman–Crippen MR) is 104 cm³/mol. The average Bonchev–Trinajstić information content (AvgIpc) is 3.05. The van der Waals surface area contributed by atoms with E-state index in [9.17, 15) is 4.79 Å². The van der Waals surface area contributed by atoms with E-state index in [1.165, 1.54) is 11.3 Å². The third-order valence-corrected chi connectivity index (χ3v) is 5.14. The van der Waals surface area contributed by atoms with E-state index >= 15 is 0 Å². The zero-order valence-electron chi connectivity index (χ0n) is 15.7. The summed E-state index contributed by atoms with van der Waals surface area (Å²) in [5, 5.41) is 7.81. The van der Waals surface area contributed by atoms with Gasteiger partial charge in [0, 0.05) is 17.5 Å². The molecule has 0 aliphatic heterocycles. The molecule has 3 aromatic rings. The molecule has 27 heavy (non-hydrogen) atoms. The number of hydrogen-bond acceptors (Lipinski definition) is 3. The van der Waals surface area contributed by atoms with Crippen LogP contribution in [-0.2, 0) is 13.0 Å². The summed E-state index contributed by atoms with van der Waals surface area (Å²) in [5.41, 5.74) is 4.08. The molecule has 0 bridgehead atoms. The third-order valence-electron chi connectivity index (χ3n) is 5.14. The fourth-order valence-electron chi connectivity index (χ4n) is 3.85. The molecular formula is C22H24N4O. The maximum absolute atomic E-state index is 12.6. The van der Waals surface area contributed by atoms with Gasteiger partial charge < -0.3 is 5.32 Å². The second kappa shape index (κ2) is 6.99. The molecule has 2 heterocycles. The highest BCUT2D eigenvalue weighted by molar-refractivity contribution is 5.92. The molecule has 1 N–H and O–H groups in total. The first kappa shape index (κ1) is 17.5. The predicted octanol–water partition coefficient (Wildman–Crippen LogP) is 3.77. The van der Waals surface area contributed by atoms with E-state index in [0.29, 0.717) is 5.69 Å². The second-order valence-electron chi connectivity index (χ2n) is 7.98. The first-order valence-electron chi connectivity index (χ1n) is 9.32. The van der Waals surface area contributed by atoms with Crippen LogP contribution in [0, 0.1) is 5.41 Å². The van der Waals surface area contributed by atoms with Gasteiger partial charge in [-0.2, -0.15) is 5.10 Å². The fraction of sp³-hybridized carbons (Fsp3) is 0.318. The van der Waals surface area contributed by atoms with Crippen molar-refractivity contribution in [2.75, 3.05) is 0 Å². The molecule has 1 aromatic carbocycles. The lowest BCUT2D eigenvalue weighted by Crippen LogP contribution is -2.37. The minimum absolute atomic E-state index is 0.0530. The van der Waals surface area contributed by atoms with Crippen molar-refractivity contribution in [1.82, 2.24) is 20.1 Å². The van der Waals surface area contributed by atoms with E-state index in [1.807, 2.05) is 36.5 Å². The number of amides is 1. The van der Waals surface area contributed by atoms with Crippen LogP contribution in [0.25, 0.3) is 0 Å². The highest BCUT2D eigenvalue weighted by Gasteiger charge is 2.35. The van der Waals surface area contributed by atoms with Crippen molar-refractivity contribution in [3.05, 3.63) is 83.4 Å². The van der Waals surface area contributed by atoms with Crippen LogP contribution in [0.4, 0.5) is 0 Å². The van der Waals surface area contributed by atoms with Gasteiger partial charge in [0.2, 0.25) is 0 Å². The summed E-state index contributed by atoms with van der Waals surface area (Å²) in [6.45, 7) is 5.23. The molecule has 0 unspecified atom stereocenters. The molecule has 5 heteroatoms. The zero-order chi connectivity index (χ0) is 18.9. The van der Waals surface area contributed by atoms with Crippen molar-refractivity contribution in [3.63, 3.8) is 0 Å². The van der Waals surface area contributed by atoms with E-state index in [1.54, 1.807) is 12.3 Å². The number of pyridine rings is 1. The van der Waals surface area contributed by atoms with Crippen molar-refractivity contribution in [1.29, 1.82) is 0 Å². The molecule has 1 atom stereocenters. The van der Waals surface area contributed by atoms with Gasteiger partial charge in [-0.05, 0) is 36.0 Å². The summed E-state index contributed by atoms with van der Waals surface area (Å²) in [4.78, 5) is 16.8. The van der Waals surface area contributed by atoms with Gasteiger partial charge in [-0.3, -0.25) is 14.5 Å². The quantitative estimate of drug-likeness (QED) is 0.770. The Hall–Kier alpha value is -2.95. The van der Waals surface area contributed by atoms with Crippen LogP contribution in [0.1, 0.15) is 53.6 Å².